The molecule has 3 aromatic carbocycles. The molecule has 0 aliphatic rings. The van der Waals surface area contributed by atoms with Crippen LogP contribution in [0.4, 0.5) is 4.39 Å². The smallest absolute Gasteiger partial charge is 0.341 e. The van der Waals surface area contributed by atoms with Gasteiger partial charge in [-0.3, -0.25) is 0 Å². The van der Waals surface area contributed by atoms with Crippen molar-refractivity contribution in [2.75, 3.05) is 6.61 Å². The highest BCUT2D eigenvalue weighted by molar-refractivity contribution is 6.36. The zero-order chi connectivity index (χ0) is 21.1. The lowest BCUT2D eigenvalue weighted by molar-refractivity contribution is -0.139. The first kappa shape index (κ1) is 21.0. The van der Waals surface area contributed by atoms with E-state index >= 15 is 0 Å². The second-order valence-corrected chi connectivity index (χ2v) is 7.34. The van der Waals surface area contributed by atoms with Gasteiger partial charge in [0.2, 0.25) is 0 Å². The number of halogens is 3. The summed E-state index contributed by atoms with van der Waals surface area (Å²) >= 11 is 12.7. The Balaban J connectivity index is 1.95. The molecule has 0 atom stereocenters. The first-order valence-electron chi connectivity index (χ1n) is 8.65. The fraction of sp³-hybridized carbons (Fsp3) is 0.136. The van der Waals surface area contributed by atoms with Crippen LogP contribution in [0.5, 0.6) is 11.5 Å². The maximum absolute atomic E-state index is 13.2. The fourth-order valence-corrected chi connectivity index (χ4v) is 3.56. The molecule has 150 valence electrons. The molecule has 0 saturated carbocycles. The number of phenolic OH excluding ortho intramolecular Hbond substituents is 1. The Morgan fingerprint density at radius 2 is 1.69 bits per heavy atom. The molecule has 0 aliphatic carbocycles. The Labute approximate surface area is 177 Å². The minimum absolute atomic E-state index is 0.0903. The molecule has 0 aliphatic heterocycles. The zero-order valence-electron chi connectivity index (χ0n) is 15.4. The number of aryl methyl sites for hydroxylation is 1. The predicted octanol–water partition coefficient (Wildman–Crippen LogP) is 5.87. The minimum Gasteiger partial charge on any atom is -0.507 e. The molecule has 0 radical (unpaired) electrons. The van der Waals surface area contributed by atoms with Gasteiger partial charge in [0.15, 0.2) is 6.61 Å². The summed E-state index contributed by atoms with van der Waals surface area (Å²) in [5.41, 5.74) is 3.62. The molecule has 0 aromatic heterocycles. The van der Waals surface area contributed by atoms with Crippen molar-refractivity contribution in [1.29, 1.82) is 0 Å². The fourth-order valence-electron chi connectivity index (χ4n) is 2.96. The van der Waals surface area contributed by atoms with Crippen molar-refractivity contribution in [3.63, 3.8) is 0 Å². The van der Waals surface area contributed by atoms with E-state index in [0.717, 1.165) is 11.1 Å². The number of aromatic hydroxyl groups is 1. The van der Waals surface area contributed by atoms with Gasteiger partial charge in [0.1, 0.15) is 17.3 Å². The second kappa shape index (κ2) is 8.72. The van der Waals surface area contributed by atoms with Crippen molar-refractivity contribution in [2.24, 2.45) is 0 Å². The first-order valence-corrected chi connectivity index (χ1v) is 9.41. The number of hydrogen-bond acceptors (Lipinski definition) is 3. The van der Waals surface area contributed by atoms with Crippen LogP contribution in [-0.2, 0) is 11.2 Å². The Bertz CT molecular complexity index is 1040. The van der Waals surface area contributed by atoms with E-state index in [9.17, 15) is 14.3 Å². The highest BCUT2D eigenvalue weighted by Crippen LogP contribution is 2.36. The number of carboxylic acids is 1. The van der Waals surface area contributed by atoms with Crippen LogP contribution in [0, 0.1) is 12.7 Å². The third-order valence-corrected chi connectivity index (χ3v) is 5.13. The maximum Gasteiger partial charge on any atom is 0.341 e. The molecule has 0 bridgehead atoms. The molecule has 29 heavy (non-hydrogen) atoms. The predicted molar refractivity (Wildman–Crippen MR) is 111 cm³/mol. The van der Waals surface area contributed by atoms with Gasteiger partial charge in [-0.2, -0.15) is 0 Å². The molecule has 0 fully saturated rings. The molecule has 0 spiro atoms. The molecular formula is C22H17Cl2FO4. The van der Waals surface area contributed by atoms with E-state index in [1.54, 1.807) is 18.2 Å². The van der Waals surface area contributed by atoms with Crippen LogP contribution < -0.4 is 4.74 Å². The summed E-state index contributed by atoms with van der Waals surface area (Å²) in [6, 6.07) is 12.3. The average molecular weight is 435 g/mol. The van der Waals surface area contributed by atoms with E-state index in [1.165, 1.54) is 24.3 Å². The third kappa shape index (κ3) is 5.00. The number of hydrogen-bond donors (Lipinski definition) is 2. The van der Waals surface area contributed by atoms with Gasteiger partial charge in [0, 0.05) is 22.0 Å². The lowest BCUT2D eigenvalue weighted by Gasteiger charge is -2.14. The Kier molecular flexibility index (Phi) is 6.30. The van der Waals surface area contributed by atoms with Gasteiger partial charge in [-0.05, 0) is 65.6 Å². The molecule has 7 heteroatoms. The van der Waals surface area contributed by atoms with E-state index < -0.39 is 12.6 Å². The van der Waals surface area contributed by atoms with Crippen LogP contribution in [0.1, 0.15) is 16.7 Å². The standard InChI is InChI=1S/C22H17Cl2FO4/c1-12-6-21(26)17(13-2-4-15(25)5-3-13)7-14(12)8-18-19(23)9-16(10-20(18)24)29-11-22(27)28/h2-7,9-10,26H,8,11H2,1H3,(H,27,28). The van der Waals surface area contributed by atoms with Crippen LogP contribution in [0.3, 0.4) is 0 Å². The number of aliphatic carboxylic acids is 1. The van der Waals surface area contributed by atoms with Crippen molar-refractivity contribution in [2.45, 2.75) is 13.3 Å². The molecule has 0 unspecified atom stereocenters. The largest absolute Gasteiger partial charge is 0.507 e. The van der Waals surface area contributed by atoms with Crippen molar-refractivity contribution in [1.82, 2.24) is 0 Å². The summed E-state index contributed by atoms with van der Waals surface area (Å²) in [7, 11) is 0. The van der Waals surface area contributed by atoms with Crippen LogP contribution in [0.25, 0.3) is 11.1 Å². The van der Waals surface area contributed by atoms with Gasteiger partial charge in [-0.15, -0.1) is 0 Å². The summed E-state index contributed by atoms with van der Waals surface area (Å²) in [6.07, 6.45) is 0.386. The lowest BCUT2D eigenvalue weighted by atomic mass is 9.94. The molecule has 2 N–H and O–H groups in total. The molecule has 0 heterocycles. The van der Waals surface area contributed by atoms with Gasteiger partial charge in [0.25, 0.3) is 0 Å². The van der Waals surface area contributed by atoms with Crippen molar-refractivity contribution in [3.05, 3.63) is 81.1 Å². The van der Waals surface area contributed by atoms with Gasteiger partial charge in [0.05, 0.1) is 0 Å². The number of ether oxygens (including phenoxy) is 1. The van der Waals surface area contributed by atoms with E-state index in [2.05, 4.69) is 0 Å². The monoisotopic (exact) mass is 434 g/mol. The SMILES string of the molecule is Cc1cc(O)c(-c2ccc(F)cc2)cc1Cc1c(Cl)cc(OCC(=O)O)cc1Cl. The molecule has 3 rings (SSSR count). The first-order chi connectivity index (χ1) is 13.7. The molecular weight excluding hydrogens is 418 g/mol. The average Bonchev–Trinajstić information content (AvgIpc) is 2.65. The highest BCUT2D eigenvalue weighted by atomic mass is 35.5. The maximum atomic E-state index is 13.2. The van der Waals surface area contributed by atoms with Crippen LogP contribution >= 0.6 is 23.2 Å². The van der Waals surface area contributed by atoms with Crippen molar-refractivity contribution < 1.29 is 24.1 Å². The van der Waals surface area contributed by atoms with Gasteiger partial charge in [-0.1, -0.05) is 35.3 Å². The van der Waals surface area contributed by atoms with Gasteiger partial charge < -0.3 is 14.9 Å². The van der Waals surface area contributed by atoms with Crippen molar-refractivity contribution >= 4 is 29.2 Å². The van der Waals surface area contributed by atoms with Crippen molar-refractivity contribution in [3.8, 4) is 22.6 Å². The normalized spacial score (nSPS) is 10.8. The molecule has 3 aromatic rings. The minimum atomic E-state index is -1.10. The molecule has 0 saturated heterocycles. The number of carbonyl (C=O) groups is 1. The highest BCUT2D eigenvalue weighted by Gasteiger charge is 2.15. The lowest BCUT2D eigenvalue weighted by Crippen LogP contribution is -2.09. The van der Waals surface area contributed by atoms with Crippen LogP contribution in [0.15, 0.2) is 48.5 Å². The molecule has 0 amide bonds. The summed E-state index contributed by atoms with van der Waals surface area (Å²) in [5.74, 6) is -1.10. The van der Waals surface area contributed by atoms with Gasteiger partial charge >= 0.3 is 5.97 Å². The summed E-state index contributed by atoms with van der Waals surface area (Å²) in [6.45, 7) is 1.36. The van der Waals surface area contributed by atoms with Crippen LogP contribution in [-0.4, -0.2) is 22.8 Å². The van der Waals surface area contributed by atoms with Crippen LogP contribution in [0.2, 0.25) is 10.0 Å². The van der Waals surface area contributed by atoms with E-state index in [0.29, 0.717) is 33.2 Å². The topological polar surface area (TPSA) is 66.8 Å². The number of carboxylic acid groups (broad SMARTS) is 1. The Hall–Kier alpha value is -2.76. The second-order valence-electron chi connectivity index (χ2n) is 6.53. The Morgan fingerprint density at radius 1 is 1.07 bits per heavy atom. The van der Waals surface area contributed by atoms with Gasteiger partial charge in [-0.25, -0.2) is 9.18 Å². The van der Waals surface area contributed by atoms with E-state index in [1.807, 2.05) is 13.0 Å². The quantitative estimate of drug-likeness (QED) is 0.509. The van der Waals surface area contributed by atoms with E-state index in [-0.39, 0.29) is 17.3 Å². The summed E-state index contributed by atoms with van der Waals surface area (Å²) in [5, 5.41) is 19.7. The number of rotatable bonds is 6. The Morgan fingerprint density at radius 3 is 2.28 bits per heavy atom. The summed E-state index contributed by atoms with van der Waals surface area (Å²) < 4.78 is 18.3. The zero-order valence-corrected chi connectivity index (χ0v) is 16.9. The third-order valence-electron chi connectivity index (χ3n) is 4.45. The summed E-state index contributed by atoms with van der Waals surface area (Å²) in [4.78, 5) is 10.7. The number of phenols is 1. The van der Waals surface area contributed by atoms with E-state index in [4.69, 9.17) is 33.0 Å². The molecule has 4 nitrogen and oxygen atoms in total. The number of benzene rings is 3.